The van der Waals surface area contributed by atoms with Gasteiger partial charge in [-0.1, -0.05) is 19.3 Å². The van der Waals surface area contributed by atoms with E-state index in [0.717, 1.165) is 63.8 Å². The first-order valence-electron chi connectivity index (χ1n) is 8.99. The zero-order valence-corrected chi connectivity index (χ0v) is 14.7. The second kappa shape index (κ2) is 10.5. The van der Waals surface area contributed by atoms with Crippen LogP contribution in [0.2, 0.25) is 0 Å². The zero-order chi connectivity index (χ0) is 16.5. The summed E-state index contributed by atoms with van der Waals surface area (Å²) in [6, 6.07) is 0.764. The molecule has 0 aliphatic carbocycles. The maximum atomic E-state index is 11.8. The smallest absolute Gasteiger partial charge is 0.219 e. The van der Waals surface area contributed by atoms with Gasteiger partial charge in [-0.2, -0.15) is 11.8 Å². The molecule has 0 spiro atoms. The monoisotopic (exact) mass is 344 g/mol. The minimum absolute atomic E-state index is 0.178. The van der Waals surface area contributed by atoms with E-state index < -0.39 is 6.35 Å². The number of unbranched alkanes of at least 4 members (excludes halogenated alkanes) is 4. The number of rotatable bonds is 11. The molecule has 3 unspecified atom stereocenters. The van der Waals surface area contributed by atoms with Crippen LogP contribution < -0.4 is 21.7 Å². The second-order valence-corrected chi connectivity index (χ2v) is 7.81. The average molecular weight is 345 g/mol. The van der Waals surface area contributed by atoms with Crippen LogP contribution in [-0.2, 0) is 4.79 Å². The van der Waals surface area contributed by atoms with E-state index in [1.54, 1.807) is 0 Å². The lowest BCUT2D eigenvalue weighted by molar-refractivity contribution is -0.121. The van der Waals surface area contributed by atoms with E-state index in [4.69, 9.17) is 5.73 Å². The largest absolute Gasteiger partial charge is 0.365 e. The SMILES string of the molecule is NCCCCCCNC(=O)CCCCC1SC[C@@H]2NC(O)NC12. The summed E-state index contributed by atoms with van der Waals surface area (Å²) < 4.78 is 0. The van der Waals surface area contributed by atoms with Crippen molar-refractivity contribution < 1.29 is 9.90 Å². The molecule has 0 radical (unpaired) electrons. The second-order valence-electron chi connectivity index (χ2n) is 6.54. The molecule has 7 heteroatoms. The molecule has 2 fully saturated rings. The highest BCUT2D eigenvalue weighted by atomic mass is 32.2. The molecule has 6 N–H and O–H groups in total. The third-order valence-electron chi connectivity index (χ3n) is 4.64. The Labute approximate surface area is 143 Å². The molecule has 2 rings (SSSR count). The van der Waals surface area contributed by atoms with Gasteiger partial charge in [-0.3, -0.25) is 15.4 Å². The predicted octanol–water partition coefficient (Wildman–Crippen LogP) is 0.503. The minimum Gasteiger partial charge on any atom is -0.365 e. The van der Waals surface area contributed by atoms with E-state index in [1.807, 2.05) is 11.8 Å². The fourth-order valence-electron chi connectivity index (χ4n) is 3.34. The van der Waals surface area contributed by atoms with E-state index in [1.165, 1.54) is 0 Å². The van der Waals surface area contributed by atoms with Crippen molar-refractivity contribution in [2.75, 3.05) is 18.8 Å². The topological polar surface area (TPSA) is 99.4 Å². The highest BCUT2D eigenvalue weighted by Crippen LogP contribution is 2.33. The van der Waals surface area contributed by atoms with Gasteiger partial charge in [-0.25, -0.2) is 0 Å². The Kier molecular flexibility index (Phi) is 8.68. The van der Waals surface area contributed by atoms with Crippen LogP contribution in [-0.4, -0.2) is 53.5 Å². The summed E-state index contributed by atoms with van der Waals surface area (Å²) in [6.07, 6.45) is 7.64. The molecule has 0 aromatic carbocycles. The molecule has 6 nitrogen and oxygen atoms in total. The average Bonchev–Trinajstić information content (AvgIpc) is 3.07. The summed E-state index contributed by atoms with van der Waals surface area (Å²) in [5.41, 5.74) is 5.45. The molecule has 134 valence electrons. The van der Waals surface area contributed by atoms with E-state index in [-0.39, 0.29) is 5.91 Å². The van der Waals surface area contributed by atoms with Gasteiger partial charge in [0.15, 0.2) is 6.35 Å². The number of nitrogens with two attached hydrogens (primary N) is 1. The molecule has 2 saturated heterocycles. The number of hydrogen-bond acceptors (Lipinski definition) is 6. The number of fused-ring (bicyclic) bond motifs is 1. The molecule has 2 aliphatic rings. The van der Waals surface area contributed by atoms with Crippen LogP contribution in [0.5, 0.6) is 0 Å². The molecule has 2 aliphatic heterocycles. The molecule has 23 heavy (non-hydrogen) atoms. The lowest BCUT2D eigenvalue weighted by Crippen LogP contribution is -2.38. The molecule has 1 amide bonds. The maximum Gasteiger partial charge on any atom is 0.219 e. The Balaban J connectivity index is 1.45. The highest BCUT2D eigenvalue weighted by Gasteiger charge is 2.42. The van der Waals surface area contributed by atoms with Crippen molar-refractivity contribution in [1.82, 2.24) is 16.0 Å². The summed E-state index contributed by atoms with van der Waals surface area (Å²) in [6.45, 7) is 1.55. The Morgan fingerprint density at radius 1 is 1.17 bits per heavy atom. The van der Waals surface area contributed by atoms with Crippen LogP contribution in [0, 0.1) is 0 Å². The normalized spacial score (nSPS) is 29.7. The van der Waals surface area contributed by atoms with Gasteiger partial charge in [0, 0.05) is 36.1 Å². The standard InChI is InChI=1S/C16H32N4O2S/c17-9-5-1-2-6-10-18-14(21)8-4-3-7-13-15-12(11-23-13)19-16(22)20-15/h12-13,15-16,19-20,22H,1-11,17H2,(H,18,21)/t12-,13?,15?,16?/m0/s1. The van der Waals surface area contributed by atoms with Crippen molar-refractivity contribution in [3.63, 3.8) is 0 Å². The quantitative estimate of drug-likeness (QED) is 0.350. The molecule has 0 aromatic rings. The van der Waals surface area contributed by atoms with Gasteiger partial charge in [-0.15, -0.1) is 0 Å². The van der Waals surface area contributed by atoms with Crippen LogP contribution in [0.4, 0.5) is 0 Å². The number of aliphatic hydroxyl groups is 1. The Morgan fingerprint density at radius 3 is 2.83 bits per heavy atom. The van der Waals surface area contributed by atoms with E-state index in [0.29, 0.717) is 23.8 Å². The number of amides is 1. The molecule has 0 bridgehead atoms. The van der Waals surface area contributed by atoms with Crippen LogP contribution in [0.1, 0.15) is 51.4 Å². The fourth-order valence-corrected chi connectivity index (χ4v) is 4.90. The van der Waals surface area contributed by atoms with Gasteiger partial charge in [0.25, 0.3) is 0 Å². The zero-order valence-electron chi connectivity index (χ0n) is 13.9. The highest BCUT2D eigenvalue weighted by molar-refractivity contribution is 8.00. The van der Waals surface area contributed by atoms with Crippen molar-refractivity contribution in [1.29, 1.82) is 0 Å². The van der Waals surface area contributed by atoms with Gasteiger partial charge >= 0.3 is 0 Å². The summed E-state index contributed by atoms with van der Waals surface area (Å²) in [5, 5.41) is 19.5. The molecule has 4 atom stereocenters. The molecular formula is C16H32N4O2S. The Morgan fingerprint density at radius 2 is 2.00 bits per heavy atom. The van der Waals surface area contributed by atoms with E-state index in [9.17, 15) is 9.90 Å². The summed E-state index contributed by atoms with van der Waals surface area (Å²) in [7, 11) is 0. The van der Waals surface area contributed by atoms with E-state index in [2.05, 4.69) is 16.0 Å². The Bertz CT molecular complexity index is 359. The van der Waals surface area contributed by atoms with Crippen LogP contribution >= 0.6 is 11.8 Å². The number of hydrogen-bond donors (Lipinski definition) is 5. The first-order valence-corrected chi connectivity index (χ1v) is 10.0. The number of thioether (sulfide) groups is 1. The van der Waals surface area contributed by atoms with Crippen molar-refractivity contribution in [2.24, 2.45) is 5.73 Å². The third-order valence-corrected chi connectivity index (χ3v) is 6.15. The van der Waals surface area contributed by atoms with Gasteiger partial charge in [0.1, 0.15) is 0 Å². The maximum absolute atomic E-state index is 11.8. The molecule has 2 heterocycles. The van der Waals surface area contributed by atoms with Gasteiger partial charge in [-0.05, 0) is 32.2 Å². The lowest BCUT2D eigenvalue weighted by Gasteiger charge is -2.17. The number of carbonyl (C=O) groups excluding carboxylic acids is 1. The van der Waals surface area contributed by atoms with Crippen molar-refractivity contribution in [2.45, 2.75) is 75.1 Å². The van der Waals surface area contributed by atoms with Crippen molar-refractivity contribution in [3.8, 4) is 0 Å². The lowest BCUT2D eigenvalue weighted by atomic mass is 10.0. The van der Waals surface area contributed by atoms with Crippen molar-refractivity contribution in [3.05, 3.63) is 0 Å². The summed E-state index contributed by atoms with van der Waals surface area (Å²) in [5.74, 6) is 1.24. The first kappa shape index (κ1) is 19.0. The van der Waals surface area contributed by atoms with Crippen LogP contribution in [0.3, 0.4) is 0 Å². The molecule has 0 aromatic heterocycles. The third kappa shape index (κ3) is 6.58. The van der Waals surface area contributed by atoms with Gasteiger partial charge in [0.05, 0.1) is 0 Å². The summed E-state index contributed by atoms with van der Waals surface area (Å²) in [4.78, 5) is 11.8. The van der Waals surface area contributed by atoms with Crippen LogP contribution in [0.15, 0.2) is 0 Å². The number of aliphatic hydroxyl groups excluding tert-OH is 1. The van der Waals surface area contributed by atoms with Gasteiger partial charge < -0.3 is 16.2 Å². The first-order chi connectivity index (χ1) is 11.2. The predicted molar refractivity (Wildman–Crippen MR) is 95.1 cm³/mol. The Hall–Kier alpha value is -0.340. The number of nitrogens with one attached hydrogen (secondary N) is 3. The molecular weight excluding hydrogens is 312 g/mol. The van der Waals surface area contributed by atoms with Crippen molar-refractivity contribution >= 4 is 17.7 Å². The van der Waals surface area contributed by atoms with Crippen LogP contribution in [0.25, 0.3) is 0 Å². The molecule has 0 saturated carbocycles. The minimum atomic E-state index is -0.552. The van der Waals surface area contributed by atoms with E-state index >= 15 is 0 Å². The number of carbonyl (C=O) groups is 1. The summed E-state index contributed by atoms with van der Waals surface area (Å²) >= 11 is 1.97. The van der Waals surface area contributed by atoms with Gasteiger partial charge in [0.2, 0.25) is 5.91 Å². The fraction of sp³-hybridized carbons (Fsp3) is 0.938.